The van der Waals surface area contributed by atoms with Crippen molar-refractivity contribution >= 4 is 16.3 Å². The van der Waals surface area contributed by atoms with Crippen LogP contribution in [0, 0.1) is 6.92 Å². The van der Waals surface area contributed by atoms with Crippen molar-refractivity contribution in [3.8, 4) is 0 Å². The summed E-state index contributed by atoms with van der Waals surface area (Å²) in [5.41, 5.74) is 1.000. The molecule has 4 nitrogen and oxygen atoms in total. The van der Waals surface area contributed by atoms with Crippen molar-refractivity contribution in [1.29, 1.82) is 0 Å². The van der Waals surface area contributed by atoms with Gasteiger partial charge < -0.3 is 4.79 Å². The molecule has 88 valence electrons. The molecule has 0 heterocycles. The Hall–Kier alpha value is -1.20. The van der Waals surface area contributed by atoms with Gasteiger partial charge in [0.05, 0.1) is 4.90 Å². The van der Waals surface area contributed by atoms with Gasteiger partial charge in [0.1, 0.15) is 6.29 Å². The summed E-state index contributed by atoms with van der Waals surface area (Å²) in [6.45, 7) is 3.54. The second kappa shape index (κ2) is 5.23. The SMILES string of the molecule is Cc1ccc(S(=O)(=O)NC(C)CC=O)cc1. The van der Waals surface area contributed by atoms with Crippen LogP contribution >= 0.6 is 0 Å². The standard InChI is InChI=1S/C11H15NO3S/c1-9-3-5-11(6-4-9)16(14,15)12-10(2)7-8-13/h3-6,8,10,12H,7H2,1-2H3. The summed E-state index contributed by atoms with van der Waals surface area (Å²) in [5.74, 6) is 0. The first kappa shape index (κ1) is 12.9. The minimum Gasteiger partial charge on any atom is -0.303 e. The zero-order valence-corrected chi connectivity index (χ0v) is 10.1. The van der Waals surface area contributed by atoms with Gasteiger partial charge in [-0.1, -0.05) is 17.7 Å². The summed E-state index contributed by atoms with van der Waals surface area (Å²) >= 11 is 0. The van der Waals surface area contributed by atoms with Crippen molar-refractivity contribution in [1.82, 2.24) is 4.72 Å². The summed E-state index contributed by atoms with van der Waals surface area (Å²) in [6.07, 6.45) is 0.868. The van der Waals surface area contributed by atoms with Gasteiger partial charge in [0.25, 0.3) is 0 Å². The van der Waals surface area contributed by atoms with Crippen LogP contribution in [0.5, 0.6) is 0 Å². The van der Waals surface area contributed by atoms with Crippen LogP contribution in [-0.2, 0) is 14.8 Å². The third kappa shape index (κ3) is 3.43. The van der Waals surface area contributed by atoms with Crippen molar-refractivity contribution < 1.29 is 13.2 Å². The van der Waals surface area contributed by atoms with Gasteiger partial charge in [0.2, 0.25) is 10.0 Å². The first-order chi connectivity index (χ1) is 7.45. The lowest BCUT2D eigenvalue weighted by atomic mass is 10.2. The molecule has 0 saturated carbocycles. The molecule has 0 fully saturated rings. The number of aryl methyl sites for hydroxylation is 1. The van der Waals surface area contributed by atoms with Crippen LogP contribution in [0.4, 0.5) is 0 Å². The minimum atomic E-state index is -3.51. The molecule has 1 aromatic rings. The highest BCUT2D eigenvalue weighted by Gasteiger charge is 2.16. The van der Waals surface area contributed by atoms with Crippen molar-refractivity contribution in [3.05, 3.63) is 29.8 Å². The van der Waals surface area contributed by atoms with Gasteiger partial charge in [0.15, 0.2) is 0 Å². The highest BCUT2D eigenvalue weighted by atomic mass is 32.2. The van der Waals surface area contributed by atoms with E-state index in [1.807, 2.05) is 6.92 Å². The van der Waals surface area contributed by atoms with E-state index >= 15 is 0 Å². The number of aldehydes is 1. The lowest BCUT2D eigenvalue weighted by Crippen LogP contribution is -2.32. The van der Waals surface area contributed by atoms with Crippen LogP contribution in [0.15, 0.2) is 29.2 Å². The predicted octanol–water partition coefficient (Wildman–Crippen LogP) is 1.25. The molecule has 5 heteroatoms. The Morgan fingerprint density at radius 1 is 1.31 bits per heavy atom. The molecule has 16 heavy (non-hydrogen) atoms. The van der Waals surface area contributed by atoms with Crippen molar-refractivity contribution in [2.45, 2.75) is 31.2 Å². The number of carbonyl (C=O) groups is 1. The first-order valence-corrected chi connectivity index (χ1v) is 6.46. The molecule has 0 amide bonds. The summed E-state index contributed by atoms with van der Waals surface area (Å²) in [4.78, 5) is 10.5. The van der Waals surface area contributed by atoms with E-state index < -0.39 is 10.0 Å². The Morgan fingerprint density at radius 2 is 1.88 bits per heavy atom. The van der Waals surface area contributed by atoms with Gasteiger partial charge in [-0.15, -0.1) is 0 Å². The first-order valence-electron chi connectivity index (χ1n) is 4.98. The zero-order chi connectivity index (χ0) is 12.2. The van der Waals surface area contributed by atoms with Gasteiger partial charge >= 0.3 is 0 Å². The van der Waals surface area contributed by atoms with Gasteiger partial charge in [0, 0.05) is 12.5 Å². The summed E-state index contributed by atoms with van der Waals surface area (Å²) in [6, 6.07) is 6.18. The van der Waals surface area contributed by atoms with E-state index in [4.69, 9.17) is 0 Å². The molecular weight excluding hydrogens is 226 g/mol. The van der Waals surface area contributed by atoms with Crippen LogP contribution in [0.1, 0.15) is 18.9 Å². The van der Waals surface area contributed by atoms with Gasteiger partial charge in [-0.3, -0.25) is 0 Å². The Labute approximate surface area is 95.7 Å². The van der Waals surface area contributed by atoms with Crippen LogP contribution < -0.4 is 4.72 Å². The van der Waals surface area contributed by atoms with Crippen LogP contribution in [0.3, 0.4) is 0 Å². The Bertz CT molecular complexity index is 451. The average molecular weight is 241 g/mol. The fraction of sp³-hybridized carbons (Fsp3) is 0.364. The number of hydrogen-bond acceptors (Lipinski definition) is 3. The molecule has 1 rings (SSSR count). The molecule has 1 unspecified atom stereocenters. The summed E-state index contributed by atoms with van der Waals surface area (Å²) < 4.78 is 26.0. The number of hydrogen-bond donors (Lipinski definition) is 1. The lowest BCUT2D eigenvalue weighted by molar-refractivity contribution is -0.108. The predicted molar refractivity (Wildman–Crippen MR) is 61.6 cm³/mol. The minimum absolute atomic E-state index is 0.172. The van der Waals surface area contributed by atoms with E-state index in [0.29, 0.717) is 6.29 Å². The van der Waals surface area contributed by atoms with E-state index in [9.17, 15) is 13.2 Å². The van der Waals surface area contributed by atoms with Crippen molar-refractivity contribution in [2.75, 3.05) is 0 Å². The number of sulfonamides is 1. The second-order valence-corrected chi connectivity index (χ2v) is 5.45. The maximum Gasteiger partial charge on any atom is 0.240 e. The van der Waals surface area contributed by atoms with Gasteiger partial charge in [-0.2, -0.15) is 0 Å². The molecule has 1 N–H and O–H groups in total. The monoisotopic (exact) mass is 241 g/mol. The molecule has 0 aliphatic carbocycles. The highest BCUT2D eigenvalue weighted by molar-refractivity contribution is 7.89. The Balaban J connectivity index is 2.85. The molecule has 0 aliphatic rings. The summed E-state index contributed by atoms with van der Waals surface area (Å²) in [7, 11) is -3.51. The van der Waals surface area contributed by atoms with Crippen molar-refractivity contribution in [3.63, 3.8) is 0 Å². The lowest BCUT2D eigenvalue weighted by Gasteiger charge is -2.11. The maximum absolute atomic E-state index is 11.8. The van der Waals surface area contributed by atoms with E-state index in [0.717, 1.165) is 5.56 Å². The Morgan fingerprint density at radius 3 is 2.38 bits per heavy atom. The third-order valence-corrected chi connectivity index (χ3v) is 3.74. The van der Waals surface area contributed by atoms with E-state index in [1.165, 1.54) is 0 Å². The number of carbonyl (C=O) groups excluding carboxylic acids is 1. The van der Waals surface area contributed by atoms with Crippen LogP contribution in [-0.4, -0.2) is 20.7 Å². The largest absolute Gasteiger partial charge is 0.303 e. The number of nitrogens with one attached hydrogen (secondary N) is 1. The number of rotatable bonds is 5. The van der Waals surface area contributed by atoms with Gasteiger partial charge in [-0.05, 0) is 26.0 Å². The molecule has 0 radical (unpaired) electrons. The molecule has 0 aromatic heterocycles. The summed E-state index contributed by atoms with van der Waals surface area (Å²) in [5, 5.41) is 0. The molecule has 0 saturated heterocycles. The average Bonchev–Trinajstić information content (AvgIpc) is 2.17. The van der Waals surface area contributed by atoms with Crippen LogP contribution in [0.25, 0.3) is 0 Å². The van der Waals surface area contributed by atoms with E-state index in [-0.39, 0.29) is 17.4 Å². The molecule has 0 aliphatic heterocycles. The third-order valence-electron chi connectivity index (χ3n) is 2.14. The molecule has 0 bridgehead atoms. The second-order valence-electron chi connectivity index (χ2n) is 3.74. The topological polar surface area (TPSA) is 63.2 Å². The molecule has 1 atom stereocenters. The number of benzene rings is 1. The smallest absolute Gasteiger partial charge is 0.240 e. The van der Waals surface area contributed by atoms with E-state index in [2.05, 4.69) is 4.72 Å². The fourth-order valence-electron chi connectivity index (χ4n) is 1.24. The van der Waals surface area contributed by atoms with E-state index in [1.54, 1.807) is 31.2 Å². The Kier molecular flexibility index (Phi) is 4.20. The highest BCUT2D eigenvalue weighted by Crippen LogP contribution is 2.10. The quantitative estimate of drug-likeness (QED) is 0.789. The van der Waals surface area contributed by atoms with Crippen molar-refractivity contribution in [2.24, 2.45) is 0 Å². The zero-order valence-electron chi connectivity index (χ0n) is 9.30. The van der Waals surface area contributed by atoms with Crippen LogP contribution in [0.2, 0.25) is 0 Å². The molecule has 0 spiro atoms. The molecular formula is C11H15NO3S. The maximum atomic E-state index is 11.8. The van der Waals surface area contributed by atoms with Gasteiger partial charge in [-0.25, -0.2) is 13.1 Å². The fourth-order valence-corrected chi connectivity index (χ4v) is 2.50. The normalized spacial score (nSPS) is 13.4. The molecule has 1 aromatic carbocycles.